The molecule has 0 amide bonds. The maximum absolute atomic E-state index is 6.55. The lowest BCUT2D eigenvalue weighted by atomic mass is 9.77. The lowest BCUT2D eigenvalue weighted by Crippen LogP contribution is -2.47. The Labute approximate surface area is 90.9 Å². The van der Waals surface area contributed by atoms with Crippen LogP contribution in [0.3, 0.4) is 0 Å². The van der Waals surface area contributed by atoms with Gasteiger partial charge in [-0.3, -0.25) is 0 Å². The van der Waals surface area contributed by atoms with Crippen molar-refractivity contribution in [1.82, 2.24) is 5.32 Å². The smallest absolute Gasteiger partial charge is 0.0580 e. The van der Waals surface area contributed by atoms with E-state index in [4.69, 9.17) is 5.73 Å². The van der Waals surface area contributed by atoms with Crippen LogP contribution in [0.4, 0.5) is 0 Å². The summed E-state index contributed by atoms with van der Waals surface area (Å²) in [4.78, 5) is 0. The van der Waals surface area contributed by atoms with Crippen LogP contribution in [0, 0.1) is 6.92 Å². The lowest BCUT2D eigenvalue weighted by molar-refractivity contribution is 0.343. The third-order valence-electron chi connectivity index (χ3n) is 4.04. The van der Waals surface area contributed by atoms with E-state index in [0.29, 0.717) is 12.1 Å². The number of nitrogens with two attached hydrogens (primary N) is 1. The Hall–Kier alpha value is -0.860. The molecule has 3 N–H and O–H groups in total. The molecule has 2 nitrogen and oxygen atoms in total. The van der Waals surface area contributed by atoms with Crippen molar-refractivity contribution >= 4 is 0 Å². The van der Waals surface area contributed by atoms with Crippen LogP contribution in [-0.2, 0) is 5.54 Å². The molecular formula is C13H18N2. The van der Waals surface area contributed by atoms with Gasteiger partial charge in [-0.15, -0.1) is 0 Å². The number of nitrogens with one attached hydrogen (secondary N) is 1. The molecule has 2 heterocycles. The van der Waals surface area contributed by atoms with Gasteiger partial charge in [0.15, 0.2) is 0 Å². The van der Waals surface area contributed by atoms with E-state index in [1.54, 1.807) is 0 Å². The van der Waals surface area contributed by atoms with Crippen molar-refractivity contribution in [3.05, 3.63) is 35.4 Å². The van der Waals surface area contributed by atoms with Crippen LogP contribution in [0.1, 0.15) is 30.4 Å². The molecule has 2 saturated heterocycles. The zero-order chi connectivity index (χ0) is 10.5. The molecule has 0 radical (unpaired) electrons. The SMILES string of the molecule is Cc1ccc(C2(N)CC3CCC2N3)cc1. The van der Waals surface area contributed by atoms with Crippen molar-refractivity contribution in [2.24, 2.45) is 5.73 Å². The van der Waals surface area contributed by atoms with Crippen LogP contribution >= 0.6 is 0 Å². The molecule has 0 aliphatic carbocycles. The number of rotatable bonds is 1. The summed E-state index contributed by atoms with van der Waals surface area (Å²) in [5, 5.41) is 3.61. The summed E-state index contributed by atoms with van der Waals surface area (Å²) in [6.07, 6.45) is 3.63. The predicted molar refractivity (Wildman–Crippen MR) is 61.6 cm³/mol. The van der Waals surface area contributed by atoms with Crippen LogP contribution in [0.15, 0.2) is 24.3 Å². The van der Waals surface area contributed by atoms with E-state index in [2.05, 4.69) is 36.5 Å². The average Bonchev–Trinajstić information content (AvgIpc) is 2.78. The minimum absolute atomic E-state index is 0.114. The van der Waals surface area contributed by atoms with Gasteiger partial charge in [-0.05, 0) is 31.7 Å². The Bertz CT molecular complexity index is 371. The molecule has 3 unspecified atom stereocenters. The van der Waals surface area contributed by atoms with Gasteiger partial charge in [-0.1, -0.05) is 29.8 Å². The number of benzene rings is 1. The van der Waals surface area contributed by atoms with Crippen molar-refractivity contribution in [3.63, 3.8) is 0 Å². The summed E-state index contributed by atoms with van der Waals surface area (Å²) >= 11 is 0. The Kier molecular flexibility index (Phi) is 1.91. The van der Waals surface area contributed by atoms with Crippen LogP contribution in [0.25, 0.3) is 0 Å². The van der Waals surface area contributed by atoms with Crippen molar-refractivity contribution < 1.29 is 0 Å². The monoisotopic (exact) mass is 202 g/mol. The average molecular weight is 202 g/mol. The van der Waals surface area contributed by atoms with E-state index in [9.17, 15) is 0 Å². The first-order valence-electron chi connectivity index (χ1n) is 5.80. The fourth-order valence-electron chi connectivity index (χ4n) is 3.12. The van der Waals surface area contributed by atoms with E-state index in [1.165, 1.54) is 24.0 Å². The summed E-state index contributed by atoms with van der Waals surface area (Å²) in [7, 11) is 0. The third-order valence-corrected chi connectivity index (χ3v) is 4.04. The molecule has 2 bridgehead atoms. The Morgan fingerprint density at radius 3 is 2.53 bits per heavy atom. The van der Waals surface area contributed by atoms with Gasteiger partial charge in [-0.2, -0.15) is 0 Å². The molecule has 0 saturated carbocycles. The molecule has 2 heteroatoms. The van der Waals surface area contributed by atoms with Crippen LogP contribution in [0.5, 0.6) is 0 Å². The minimum atomic E-state index is -0.114. The normalized spacial score (nSPS) is 38.5. The number of hydrogen-bond donors (Lipinski definition) is 2. The first kappa shape index (κ1) is 9.37. The van der Waals surface area contributed by atoms with Crippen molar-refractivity contribution in [1.29, 1.82) is 0 Å². The number of aryl methyl sites for hydroxylation is 1. The standard InChI is InChI=1S/C13H18N2/c1-9-2-4-10(5-3-9)13(14)8-11-6-7-12(13)15-11/h2-5,11-12,15H,6-8,14H2,1H3. The van der Waals surface area contributed by atoms with Gasteiger partial charge in [0.2, 0.25) is 0 Å². The van der Waals surface area contributed by atoms with E-state index < -0.39 is 0 Å². The van der Waals surface area contributed by atoms with Gasteiger partial charge < -0.3 is 11.1 Å². The van der Waals surface area contributed by atoms with Crippen LogP contribution in [-0.4, -0.2) is 12.1 Å². The number of hydrogen-bond acceptors (Lipinski definition) is 2. The van der Waals surface area contributed by atoms with Gasteiger partial charge >= 0.3 is 0 Å². The highest BCUT2D eigenvalue weighted by atomic mass is 15.1. The van der Waals surface area contributed by atoms with Crippen LogP contribution in [0.2, 0.25) is 0 Å². The lowest BCUT2D eigenvalue weighted by Gasteiger charge is -2.33. The number of fused-ring (bicyclic) bond motifs is 2. The van der Waals surface area contributed by atoms with E-state index in [0.717, 1.165) is 6.42 Å². The Balaban J connectivity index is 1.96. The molecule has 0 spiro atoms. The molecule has 0 aromatic heterocycles. The molecule has 80 valence electrons. The van der Waals surface area contributed by atoms with E-state index >= 15 is 0 Å². The largest absolute Gasteiger partial charge is 0.320 e. The van der Waals surface area contributed by atoms with Crippen molar-refractivity contribution in [3.8, 4) is 0 Å². The van der Waals surface area contributed by atoms with Crippen LogP contribution < -0.4 is 11.1 Å². The molecule has 1 aromatic carbocycles. The first-order chi connectivity index (χ1) is 7.18. The van der Waals surface area contributed by atoms with Gasteiger partial charge in [-0.25, -0.2) is 0 Å². The molecule has 2 fully saturated rings. The van der Waals surface area contributed by atoms with E-state index in [1.807, 2.05) is 0 Å². The topological polar surface area (TPSA) is 38.0 Å². The summed E-state index contributed by atoms with van der Waals surface area (Å²) in [6, 6.07) is 9.85. The van der Waals surface area contributed by atoms with Gasteiger partial charge in [0, 0.05) is 12.1 Å². The Morgan fingerprint density at radius 2 is 2.00 bits per heavy atom. The van der Waals surface area contributed by atoms with Gasteiger partial charge in [0.1, 0.15) is 0 Å². The molecular weight excluding hydrogens is 184 g/mol. The second kappa shape index (κ2) is 3.06. The zero-order valence-electron chi connectivity index (χ0n) is 9.16. The van der Waals surface area contributed by atoms with E-state index in [-0.39, 0.29) is 5.54 Å². The third kappa shape index (κ3) is 1.32. The fourth-order valence-corrected chi connectivity index (χ4v) is 3.12. The van der Waals surface area contributed by atoms with Crippen molar-refractivity contribution in [2.45, 2.75) is 43.8 Å². The second-order valence-corrected chi connectivity index (χ2v) is 5.10. The highest BCUT2D eigenvalue weighted by Crippen LogP contribution is 2.41. The zero-order valence-corrected chi connectivity index (χ0v) is 9.16. The maximum atomic E-state index is 6.55. The fraction of sp³-hybridized carbons (Fsp3) is 0.538. The predicted octanol–water partition coefficient (Wildman–Crippen LogP) is 1.67. The molecule has 3 rings (SSSR count). The molecule has 2 aliphatic rings. The van der Waals surface area contributed by atoms with Crippen molar-refractivity contribution in [2.75, 3.05) is 0 Å². The summed E-state index contributed by atoms with van der Waals surface area (Å²) < 4.78 is 0. The maximum Gasteiger partial charge on any atom is 0.0580 e. The summed E-state index contributed by atoms with van der Waals surface area (Å²) in [6.45, 7) is 2.12. The van der Waals surface area contributed by atoms with Gasteiger partial charge in [0.25, 0.3) is 0 Å². The molecule has 3 atom stereocenters. The second-order valence-electron chi connectivity index (χ2n) is 5.10. The molecule has 1 aromatic rings. The highest BCUT2D eigenvalue weighted by Gasteiger charge is 2.49. The van der Waals surface area contributed by atoms with Gasteiger partial charge in [0.05, 0.1) is 5.54 Å². The molecule has 2 aliphatic heterocycles. The highest BCUT2D eigenvalue weighted by molar-refractivity contribution is 5.32. The first-order valence-corrected chi connectivity index (χ1v) is 5.80. The molecule has 15 heavy (non-hydrogen) atoms. The minimum Gasteiger partial charge on any atom is -0.320 e. The summed E-state index contributed by atoms with van der Waals surface area (Å²) in [5.74, 6) is 0. The quantitative estimate of drug-likeness (QED) is 0.727. The summed E-state index contributed by atoms with van der Waals surface area (Å²) in [5.41, 5.74) is 9.04. The Morgan fingerprint density at radius 1 is 1.27 bits per heavy atom.